The number of hydrogen-bond donors (Lipinski definition) is 3. The predicted octanol–water partition coefficient (Wildman–Crippen LogP) is 1.05. The molecule has 1 aromatic rings. The molecular weight excluding hydrogens is 266 g/mol. The number of benzene rings is 1. The lowest BCUT2D eigenvalue weighted by atomic mass is 9.93. The Balaban J connectivity index is 2.85. The first kappa shape index (κ1) is 15.5. The van der Waals surface area contributed by atoms with Gasteiger partial charge in [-0.25, -0.2) is 13.1 Å². The summed E-state index contributed by atoms with van der Waals surface area (Å²) in [5, 5.41) is 11.5. The third-order valence-electron chi connectivity index (χ3n) is 2.84. The molecule has 19 heavy (non-hydrogen) atoms. The fourth-order valence-corrected chi connectivity index (χ4v) is 2.51. The number of nitrogens with one attached hydrogen (secondary N) is 1. The summed E-state index contributed by atoms with van der Waals surface area (Å²) in [5.74, 6) is -0.0286. The van der Waals surface area contributed by atoms with Gasteiger partial charge >= 0.3 is 0 Å². The molecule has 0 atom stereocenters. The van der Waals surface area contributed by atoms with E-state index in [1.54, 1.807) is 26.0 Å². The van der Waals surface area contributed by atoms with Gasteiger partial charge in [-0.3, -0.25) is 0 Å². The van der Waals surface area contributed by atoms with E-state index < -0.39 is 15.4 Å². The summed E-state index contributed by atoms with van der Waals surface area (Å²) in [5.41, 5.74) is 5.71. The van der Waals surface area contributed by atoms with Crippen molar-refractivity contribution in [2.24, 2.45) is 16.3 Å². The Bertz CT molecular complexity index is 562. The van der Waals surface area contributed by atoms with Crippen molar-refractivity contribution in [2.75, 3.05) is 6.54 Å². The van der Waals surface area contributed by atoms with Gasteiger partial charge in [-0.2, -0.15) is 0 Å². The van der Waals surface area contributed by atoms with Crippen LogP contribution in [0.1, 0.15) is 19.4 Å². The molecule has 0 radical (unpaired) electrons. The van der Waals surface area contributed by atoms with Crippen molar-refractivity contribution in [3.8, 4) is 0 Å². The normalized spacial score (nSPS) is 13.5. The number of nitrogens with zero attached hydrogens (tertiary/aromatic N) is 1. The zero-order valence-corrected chi connectivity index (χ0v) is 12.0. The third-order valence-corrected chi connectivity index (χ3v) is 4.25. The maximum absolute atomic E-state index is 12.0. The van der Waals surface area contributed by atoms with Gasteiger partial charge in [0.2, 0.25) is 10.0 Å². The van der Waals surface area contributed by atoms with E-state index in [0.717, 1.165) is 5.56 Å². The first-order valence-electron chi connectivity index (χ1n) is 5.73. The molecule has 0 saturated heterocycles. The molecule has 1 aromatic carbocycles. The molecule has 0 aliphatic heterocycles. The second-order valence-corrected chi connectivity index (χ2v) is 6.77. The van der Waals surface area contributed by atoms with E-state index >= 15 is 0 Å². The Kier molecular flexibility index (Phi) is 4.54. The van der Waals surface area contributed by atoms with E-state index in [1.165, 1.54) is 12.1 Å². The number of oxime groups is 1. The van der Waals surface area contributed by atoms with Gasteiger partial charge in [-0.15, -0.1) is 0 Å². The SMILES string of the molecule is Cc1ccc(S(=O)(=O)NCC(C)(C)/C(N)=N/O)cc1. The molecule has 0 bridgehead atoms. The van der Waals surface area contributed by atoms with Gasteiger partial charge in [0.25, 0.3) is 0 Å². The van der Waals surface area contributed by atoms with Gasteiger partial charge in [0.15, 0.2) is 0 Å². The van der Waals surface area contributed by atoms with Crippen LogP contribution in [0.15, 0.2) is 34.3 Å². The summed E-state index contributed by atoms with van der Waals surface area (Å²) in [7, 11) is -3.59. The average Bonchev–Trinajstić information content (AvgIpc) is 2.36. The molecule has 0 spiro atoms. The predicted molar refractivity (Wildman–Crippen MR) is 73.6 cm³/mol. The quantitative estimate of drug-likeness (QED) is 0.325. The van der Waals surface area contributed by atoms with E-state index in [2.05, 4.69) is 9.88 Å². The molecule has 0 unspecified atom stereocenters. The number of aryl methyl sites for hydroxylation is 1. The molecule has 0 aliphatic carbocycles. The summed E-state index contributed by atoms with van der Waals surface area (Å²) in [6.07, 6.45) is 0. The maximum Gasteiger partial charge on any atom is 0.240 e. The number of nitrogens with two attached hydrogens (primary N) is 1. The molecule has 106 valence electrons. The van der Waals surface area contributed by atoms with Gasteiger partial charge in [-0.05, 0) is 19.1 Å². The van der Waals surface area contributed by atoms with E-state index in [1.807, 2.05) is 6.92 Å². The van der Waals surface area contributed by atoms with Crippen LogP contribution in [0.25, 0.3) is 0 Å². The molecule has 1 rings (SSSR count). The lowest BCUT2D eigenvalue weighted by Crippen LogP contribution is -2.42. The molecule has 0 aliphatic rings. The van der Waals surface area contributed by atoms with Crippen molar-refractivity contribution < 1.29 is 13.6 Å². The topological polar surface area (TPSA) is 105 Å². The molecule has 0 heterocycles. The maximum atomic E-state index is 12.0. The summed E-state index contributed by atoms with van der Waals surface area (Å²) < 4.78 is 26.5. The molecule has 0 fully saturated rings. The van der Waals surface area contributed by atoms with Gasteiger partial charge in [-0.1, -0.05) is 36.7 Å². The molecule has 6 nitrogen and oxygen atoms in total. The Hall–Kier alpha value is -1.60. The van der Waals surface area contributed by atoms with Crippen LogP contribution < -0.4 is 10.5 Å². The number of rotatable bonds is 5. The fraction of sp³-hybridized carbons (Fsp3) is 0.417. The van der Waals surface area contributed by atoms with Crippen molar-refractivity contribution in [2.45, 2.75) is 25.7 Å². The second kappa shape index (κ2) is 5.58. The largest absolute Gasteiger partial charge is 0.409 e. The highest BCUT2D eigenvalue weighted by atomic mass is 32.2. The lowest BCUT2D eigenvalue weighted by molar-refractivity contribution is 0.307. The van der Waals surface area contributed by atoms with Crippen LogP contribution in [0, 0.1) is 12.3 Å². The van der Waals surface area contributed by atoms with Crippen LogP contribution in [0.3, 0.4) is 0 Å². The average molecular weight is 285 g/mol. The molecule has 0 amide bonds. The van der Waals surface area contributed by atoms with Crippen molar-refractivity contribution in [3.63, 3.8) is 0 Å². The van der Waals surface area contributed by atoms with Crippen LogP contribution in [0.4, 0.5) is 0 Å². The Morgan fingerprint density at radius 1 is 1.37 bits per heavy atom. The minimum Gasteiger partial charge on any atom is -0.409 e. The molecule has 4 N–H and O–H groups in total. The number of sulfonamides is 1. The standard InChI is InChI=1S/C12H19N3O3S/c1-9-4-6-10(7-5-9)19(17,18)14-8-12(2,3)11(13)15-16/h4-7,14,16H,8H2,1-3H3,(H2,13,15). The van der Waals surface area contributed by atoms with Crippen molar-refractivity contribution in [1.82, 2.24) is 4.72 Å². The highest BCUT2D eigenvalue weighted by molar-refractivity contribution is 7.89. The number of amidine groups is 1. The second-order valence-electron chi connectivity index (χ2n) is 5.01. The molecular formula is C12H19N3O3S. The van der Waals surface area contributed by atoms with E-state index in [-0.39, 0.29) is 17.3 Å². The Labute approximate surface area is 113 Å². The van der Waals surface area contributed by atoms with Crippen LogP contribution in [0.2, 0.25) is 0 Å². The van der Waals surface area contributed by atoms with Crippen LogP contribution in [-0.4, -0.2) is 26.0 Å². The minimum atomic E-state index is -3.59. The van der Waals surface area contributed by atoms with E-state index in [4.69, 9.17) is 10.9 Å². The lowest BCUT2D eigenvalue weighted by Gasteiger charge is -2.23. The molecule has 0 saturated carbocycles. The first-order chi connectivity index (χ1) is 8.69. The monoisotopic (exact) mass is 285 g/mol. The molecule has 7 heteroatoms. The van der Waals surface area contributed by atoms with Crippen molar-refractivity contribution in [3.05, 3.63) is 29.8 Å². The first-order valence-corrected chi connectivity index (χ1v) is 7.22. The molecule has 0 aromatic heterocycles. The summed E-state index contributed by atoms with van der Waals surface area (Å²) in [4.78, 5) is 0.188. The highest BCUT2D eigenvalue weighted by Crippen LogP contribution is 2.16. The third kappa shape index (κ3) is 3.93. The Morgan fingerprint density at radius 2 is 1.89 bits per heavy atom. The van der Waals surface area contributed by atoms with Gasteiger partial charge in [0.1, 0.15) is 5.84 Å². The smallest absolute Gasteiger partial charge is 0.240 e. The van der Waals surface area contributed by atoms with E-state index in [0.29, 0.717) is 0 Å². The summed E-state index contributed by atoms with van der Waals surface area (Å²) in [6.45, 7) is 5.28. The van der Waals surface area contributed by atoms with Crippen LogP contribution >= 0.6 is 0 Å². The van der Waals surface area contributed by atoms with Crippen molar-refractivity contribution in [1.29, 1.82) is 0 Å². The van der Waals surface area contributed by atoms with E-state index in [9.17, 15) is 8.42 Å². The fourth-order valence-electron chi connectivity index (χ4n) is 1.30. The van der Waals surface area contributed by atoms with Crippen LogP contribution in [0.5, 0.6) is 0 Å². The summed E-state index contributed by atoms with van der Waals surface area (Å²) >= 11 is 0. The zero-order chi connectivity index (χ0) is 14.7. The van der Waals surface area contributed by atoms with Crippen molar-refractivity contribution >= 4 is 15.9 Å². The van der Waals surface area contributed by atoms with Gasteiger partial charge in [0.05, 0.1) is 4.90 Å². The van der Waals surface area contributed by atoms with Gasteiger partial charge < -0.3 is 10.9 Å². The van der Waals surface area contributed by atoms with Crippen LogP contribution in [-0.2, 0) is 10.0 Å². The zero-order valence-electron chi connectivity index (χ0n) is 11.2. The van der Waals surface area contributed by atoms with Gasteiger partial charge in [0, 0.05) is 12.0 Å². The minimum absolute atomic E-state index is 0.0286. The highest BCUT2D eigenvalue weighted by Gasteiger charge is 2.26. The summed E-state index contributed by atoms with van der Waals surface area (Å²) in [6, 6.07) is 6.52. The number of hydrogen-bond acceptors (Lipinski definition) is 4. The Morgan fingerprint density at radius 3 is 2.37 bits per heavy atom.